The molecule has 2 aromatic rings. The minimum Gasteiger partial charge on any atom is -0.302 e. The van der Waals surface area contributed by atoms with Crippen LogP contribution in [0.25, 0.3) is 11.4 Å². The lowest BCUT2D eigenvalue weighted by Gasteiger charge is -2.19. The summed E-state index contributed by atoms with van der Waals surface area (Å²) in [5.74, 6) is 1.03. The van der Waals surface area contributed by atoms with Crippen molar-refractivity contribution in [3.63, 3.8) is 0 Å². The van der Waals surface area contributed by atoms with Crippen LogP contribution in [0.5, 0.6) is 0 Å². The first-order chi connectivity index (χ1) is 16.4. The summed E-state index contributed by atoms with van der Waals surface area (Å²) in [7, 11) is 0. The van der Waals surface area contributed by atoms with Crippen molar-refractivity contribution in [2.75, 3.05) is 0 Å². The summed E-state index contributed by atoms with van der Waals surface area (Å²) in [5.41, 5.74) is 2.70. The molecule has 1 aromatic heterocycles. The average molecular weight is 486 g/mol. The predicted octanol–water partition coefficient (Wildman–Crippen LogP) is 9.83. The van der Waals surface area contributed by atoms with E-state index < -0.39 is 0 Å². The van der Waals surface area contributed by atoms with E-state index in [1.165, 1.54) is 94.6 Å². The third kappa shape index (κ3) is 10.1. The largest absolute Gasteiger partial charge is 0.302 e. The second-order valence-corrected chi connectivity index (χ2v) is 12.4. The van der Waals surface area contributed by atoms with Crippen molar-refractivity contribution in [2.45, 2.75) is 147 Å². The van der Waals surface area contributed by atoms with Crippen molar-refractivity contribution >= 4 is 11.8 Å². The molecule has 34 heavy (non-hydrogen) atoms. The minimum absolute atomic E-state index is 0.165. The monoisotopic (exact) mass is 485 g/mol. The second kappa shape index (κ2) is 15.7. The van der Waals surface area contributed by atoms with Crippen LogP contribution >= 0.6 is 11.8 Å². The number of hydrogen-bond donors (Lipinski definition) is 0. The van der Waals surface area contributed by atoms with E-state index in [1.54, 1.807) is 0 Å². The van der Waals surface area contributed by atoms with Gasteiger partial charge in [-0.15, -0.1) is 10.2 Å². The van der Waals surface area contributed by atoms with E-state index in [1.807, 2.05) is 11.8 Å². The normalized spacial score (nSPS) is 12.9. The smallest absolute Gasteiger partial charge is 0.191 e. The highest BCUT2D eigenvalue weighted by atomic mass is 32.2. The molecule has 0 saturated heterocycles. The maximum Gasteiger partial charge on any atom is 0.191 e. The lowest BCUT2D eigenvalue weighted by molar-refractivity contribution is 0.553. The number of thioether (sulfide) groups is 1. The van der Waals surface area contributed by atoms with Crippen LogP contribution in [-0.2, 0) is 12.0 Å². The van der Waals surface area contributed by atoms with Gasteiger partial charge in [0, 0.05) is 17.4 Å². The van der Waals surface area contributed by atoms with Crippen LogP contribution in [0.1, 0.15) is 131 Å². The molecule has 1 heterocycles. The van der Waals surface area contributed by atoms with Gasteiger partial charge in [-0.1, -0.05) is 148 Å². The van der Waals surface area contributed by atoms with E-state index in [4.69, 9.17) is 0 Å². The van der Waals surface area contributed by atoms with Crippen molar-refractivity contribution in [3.05, 3.63) is 29.8 Å². The Morgan fingerprint density at radius 1 is 0.765 bits per heavy atom. The van der Waals surface area contributed by atoms with Crippen molar-refractivity contribution in [3.8, 4) is 11.4 Å². The van der Waals surface area contributed by atoms with Crippen molar-refractivity contribution in [2.24, 2.45) is 0 Å². The number of hydrogen-bond acceptors (Lipinski definition) is 3. The van der Waals surface area contributed by atoms with Crippen LogP contribution in [0.3, 0.4) is 0 Å². The van der Waals surface area contributed by atoms with E-state index in [0.717, 1.165) is 17.5 Å². The van der Waals surface area contributed by atoms with Gasteiger partial charge < -0.3 is 4.57 Å². The van der Waals surface area contributed by atoms with E-state index in [0.29, 0.717) is 5.25 Å². The first-order valence-corrected chi connectivity index (χ1v) is 15.0. The summed E-state index contributed by atoms with van der Waals surface area (Å²) < 4.78 is 2.39. The summed E-state index contributed by atoms with van der Waals surface area (Å²) in [6.45, 7) is 14.7. The lowest BCUT2D eigenvalue weighted by atomic mass is 9.87. The summed E-state index contributed by atoms with van der Waals surface area (Å²) in [6.07, 6.45) is 17.4. The molecule has 0 spiro atoms. The molecule has 1 atom stereocenters. The number of unbranched alkanes of at least 4 members (excludes halogenated alkanes) is 10. The van der Waals surface area contributed by atoms with E-state index in [2.05, 4.69) is 80.6 Å². The standard InChI is InChI=1S/C30H51N3S/c1-7-9-11-13-14-15-16-17-19-25(3)34-29-32-31-28(33(29)24-18-12-10-8-2)26-20-22-27(23-21-26)30(4,5)6/h20-23,25H,7-19,24H2,1-6H3. The van der Waals surface area contributed by atoms with Crippen molar-refractivity contribution < 1.29 is 0 Å². The Kier molecular flexibility index (Phi) is 13.3. The lowest BCUT2D eigenvalue weighted by Crippen LogP contribution is -2.10. The first kappa shape index (κ1) is 28.9. The van der Waals surface area contributed by atoms with Crippen LogP contribution in [0, 0.1) is 0 Å². The maximum atomic E-state index is 4.67. The summed E-state index contributed by atoms with van der Waals surface area (Å²) >= 11 is 1.92. The Hall–Kier alpha value is -1.29. The van der Waals surface area contributed by atoms with Gasteiger partial charge in [0.15, 0.2) is 11.0 Å². The van der Waals surface area contributed by atoms with Gasteiger partial charge in [0.2, 0.25) is 0 Å². The van der Waals surface area contributed by atoms with Gasteiger partial charge in [0.05, 0.1) is 0 Å². The van der Waals surface area contributed by atoms with Crippen molar-refractivity contribution in [1.29, 1.82) is 0 Å². The molecule has 0 aliphatic heterocycles. The van der Waals surface area contributed by atoms with Crippen molar-refractivity contribution in [1.82, 2.24) is 14.8 Å². The highest BCUT2D eigenvalue weighted by molar-refractivity contribution is 7.99. The van der Waals surface area contributed by atoms with E-state index >= 15 is 0 Å². The van der Waals surface area contributed by atoms with Gasteiger partial charge in [-0.05, 0) is 23.8 Å². The first-order valence-electron chi connectivity index (χ1n) is 14.1. The maximum absolute atomic E-state index is 4.67. The Balaban J connectivity index is 1.98. The molecule has 192 valence electrons. The van der Waals surface area contributed by atoms with E-state index in [-0.39, 0.29) is 5.41 Å². The van der Waals surface area contributed by atoms with Gasteiger partial charge in [0.25, 0.3) is 0 Å². The number of benzene rings is 1. The molecule has 4 heteroatoms. The third-order valence-electron chi connectivity index (χ3n) is 6.73. The predicted molar refractivity (Wildman–Crippen MR) is 151 cm³/mol. The van der Waals surface area contributed by atoms with Crippen LogP contribution in [0.2, 0.25) is 0 Å². The Labute approximate surface area is 214 Å². The van der Waals surface area contributed by atoms with Crippen LogP contribution in [0.4, 0.5) is 0 Å². The molecule has 1 aromatic carbocycles. The highest BCUT2D eigenvalue weighted by Gasteiger charge is 2.18. The molecule has 0 N–H and O–H groups in total. The topological polar surface area (TPSA) is 30.7 Å². The molecular formula is C30H51N3S. The van der Waals surface area contributed by atoms with Gasteiger partial charge >= 0.3 is 0 Å². The van der Waals surface area contributed by atoms with E-state index in [9.17, 15) is 0 Å². The Bertz CT molecular complexity index is 788. The van der Waals surface area contributed by atoms with Crippen LogP contribution in [0.15, 0.2) is 29.4 Å². The Morgan fingerprint density at radius 2 is 1.32 bits per heavy atom. The zero-order chi connectivity index (χ0) is 24.8. The fourth-order valence-electron chi connectivity index (χ4n) is 4.41. The molecule has 0 saturated carbocycles. The van der Waals surface area contributed by atoms with Crippen LogP contribution < -0.4 is 0 Å². The highest BCUT2D eigenvalue weighted by Crippen LogP contribution is 2.31. The number of aromatic nitrogens is 3. The molecule has 0 aliphatic rings. The second-order valence-electron chi connectivity index (χ2n) is 11.0. The summed E-state index contributed by atoms with van der Waals surface area (Å²) in [6, 6.07) is 8.96. The molecule has 0 radical (unpaired) electrons. The minimum atomic E-state index is 0.165. The molecular weight excluding hydrogens is 434 g/mol. The average Bonchev–Trinajstić information content (AvgIpc) is 3.20. The summed E-state index contributed by atoms with van der Waals surface area (Å²) in [5, 5.41) is 11.0. The molecule has 0 bridgehead atoms. The van der Waals surface area contributed by atoms with Gasteiger partial charge in [-0.2, -0.15) is 0 Å². The molecule has 2 rings (SSSR count). The van der Waals surface area contributed by atoms with Gasteiger partial charge in [-0.25, -0.2) is 0 Å². The molecule has 0 aliphatic carbocycles. The summed E-state index contributed by atoms with van der Waals surface area (Å²) in [4.78, 5) is 0. The zero-order valence-electron chi connectivity index (χ0n) is 23.0. The number of nitrogens with zero attached hydrogens (tertiary/aromatic N) is 3. The molecule has 0 fully saturated rings. The zero-order valence-corrected chi connectivity index (χ0v) is 23.9. The number of rotatable bonds is 17. The molecule has 3 nitrogen and oxygen atoms in total. The van der Waals surface area contributed by atoms with Gasteiger partial charge in [0.1, 0.15) is 0 Å². The van der Waals surface area contributed by atoms with Gasteiger partial charge in [-0.3, -0.25) is 0 Å². The fraction of sp³-hybridized carbons (Fsp3) is 0.733. The Morgan fingerprint density at radius 3 is 1.91 bits per heavy atom. The van der Waals surface area contributed by atoms with Crippen LogP contribution in [-0.4, -0.2) is 20.0 Å². The third-order valence-corrected chi connectivity index (χ3v) is 7.88. The molecule has 0 amide bonds. The molecule has 1 unspecified atom stereocenters. The fourth-order valence-corrected chi connectivity index (χ4v) is 5.45. The SMILES string of the molecule is CCCCCCCCCCC(C)Sc1nnc(-c2ccc(C(C)(C)C)cc2)n1CCCCCC. The quantitative estimate of drug-likeness (QED) is 0.165.